The second-order valence-electron chi connectivity index (χ2n) is 15.5. The van der Waals surface area contributed by atoms with Gasteiger partial charge in [-0.25, -0.2) is 4.79 Å². The van der Waals surface area contributed by atoms with Gasteiger partial charge < -0.3 is 34.3 Å². The van der Waals surface area contributed by atoms with Crippen LogP contribution in [0.1, 0.15) is 95.6 Å². The molecule has 1 aromatic rings. The topological polar surface area (TPSA) is 149 Å². The second-order valence-corrected chi connectivity index (χ2v) is 15.5. The number of methoxy groups -OCH3 is 1. The van der Waals surface area contributed by atoms with Crippen molar-refractivity contribution in [2.24, 2.45) is 17.8 Å². The SMILES string of the molecule is COC1C2C(=O)c3c(O)c4c(c(CC=C(C)C)c3O[C@@]23[C@H]2C[C@@H]1C(=O)[C@]3(C/C=C(\CO)C(=O)O)OC2(C)C)OC(C)(CCC=C(C)C)C=C4. The average molecular weight is 677 g/mol. The van der Waals surface area contributed by atoms with Crippen LogP contribution in [0.2, 0.25) is 0 Å². The van der Waals surface area contributed by atoms with Crippen molar-refractivity contribution in [3.05, 3.63) is 57.7 Å². The zero-order valence-corrected chi connectivity index (χ0v) is 29.6. The van der Waals surface area contributed by atoms with Crippen LogP contribution in [0, 0.1) is 17.8 Å². The summed E-state index contributed by atoms with van der Waals surface area (Å²) < 4.78 is 26.7. The Balaban J connectivity index is 1.61. The Morgan fingerprint density at radius 2 is 1.73 bits per heavy atom. The number of rotatable bonds is 10. The van der Waals surface area contributed by atoms with Gasteiger partial charge in [0.2, 0.25) is 0 Å². The molecule has 7 atom stereocenters. The number of ketones is 2. The molecule has 3 N–H and O–H groups in total. The highest BCUT2D eigenvalue weighted by atomic mass is 16.6. The van der Waals surface area contributed by atoms with Crippen LogP contribution in [0.5, 0.6) is 17.2 Å². The van der Waals surface area contributed by atoms with Crippen LogP contribution < -0.4 is 9.47 Å². The first-order valence-electron chi connectivity index (χ1n) is 17.1. The third-order valence-corrected chi connectivity index (χ3v) is 11.3. The van der Waals surface area contributed by atoms with Crippen LogP contribution in [-0.4, -0.2) is 75.1 Å². The molecule has 3 aliphatic carbocycles. The van der Waals surface area contributed by atoms with Gasteiger partial charge in [-0.3, -0.25) is 9.59 Å². The molecule has 0 amide bonds. The number of aliphatic hydroxyl groups is 1. The largest absolute Gasteiger partial charge is 0.506 e. The van der Waals surface area contributed by atoms with Gasteiger partial charge >= 0.3 is 5.97 Å². The number of phenolic OH excluding ortho intramolecular Hbond substituents is 1. The molecule has 1 spiro atoms. The van der Waals surface area contributed by atoms with Gasteiger partial charge in [0.1, 0.15) is 28.4 Å². The number of hydrogen-bond acceptors (Lipinski definition) is 9. The quantitative estimate of drug-likeness (QED) is 0.202. The molecule has 4 bridgehead atoms. The summed E-state index contributed by atoms with van der Waals surface area (Å²) in [6, 6.07) is 0. The fraction of sp³-hybridized carbons (Fsp3) is 0.564. The molecule has 10 nitrogen and oxygen atoms in total. The first kappa shape index (κ1) is 35.1. The maximum atomic E-state index is 15.1. The summed E-state index contributed by atoms with van der Waals surface area (Å²) in [7, 11) is 1.46. The van der Waals surface area contributed by atoms with Crippen LogP contribution >= 0.6 is 0 Å². The molecule has 264 valence electrons. The molecule has 3 saturated carbocycles. The number of allylic oxidation sites excluding steroid dienone is 4. The number of phenols is 1. The fourth-order valence-electron chi connectivity index (χ4n) is 9.14. The highest BCUT2D eigenvalue weighted by molar-refractivity contribution is 6.10. The van der Waals surface area contributed by atoms with Gasteiger partial charge in [0, 0.05) is 30.9 Å². The van der Waals surface area contributed by atoms with Crippen molar-refractivity contribution in [1.29, 1.82) is 0 Å². The highest BCUT2D eigenvalue weighted by Gasteiger charge is 2.85. The van der Waals surface area contributed by atoms with Crippen LogP contribution in [0.15, 0.2) is 41.0 Å². The number of carboxylic acids is 1. The molecule has 4 fully saturated rings. The lowest BCUT2D eigenvalue weighted by Gasteiger charge is -2.62. The minimum Gasteiger partial charge on any atom is -0.506 e. The van der Waals surface area contributed by atoms with Gasteiger partial charge in [-0.2, -0.15) is 0 Å². The van der Waals surface area contributed by atoms with Crippen LogP contribution in [-0.2, 0) is 25.5 Å². The smallest absolute Gasteiger partial charge is 0.333 e. The van der Waals surface area contributed by atoms with Crippen molar-refractivity contribution in [2.75, 3.05) is 13.7 Å². The Bertz CT molecular complexity index is 1740. The van der Waals surface area contributed by atoms with Crippen molar-refractivity contribution < 1.29 is 48.7 Å². The van der Waals surface area contributed by atoms with E-state index in [1.54, 1.807) is 0 Å². The summed E-state index contributed by atoms with van der Waals surface area (Å²) in [5, 5.41) is 31.5. The van der Waals surface area contributed by atoms with Crippen LogP contribution in [0.4, 0.5) is 0 Å². The Morgan fingerprint density at radius 1 is 1.04 bits per heavy atom. The molecule has 7 rings (SSSR count). The number of hydrogen-bond donors (Lipinski definition) is 3. The molecule has 3 aliphatic heterocycles. The van der Waals surface area contributed by atoms with E-state index in [1.165, 1.54) is 18.8 Å². The van der Waals surface area contributed by atoms with Gasteiger partial charge in [-0.05, 0) is 86.3 Å². The van der Waals surface area contributed by atoms with Gasteiger partial charge in [0.05, 0.1) is 35.4 Å². The number of ether oxygens (including phenoxy) is 4. The number of aliphatic hydroxyl groups excluding tert-OH is 1. The van der Waals surface area contributed by atoms with E-state index in [0.717, 1.165) is 12.0 Å². The van der Waals surface area contributed by atoms with E-state index >= 15 is 4.79 Å². The molecule has 49 heavy (non-hydrogen) atoms. The number of carbonyl (C=O) groups is 3. The number of aromatic hydroxyl groups is 1. The summed E-state index contributed by atoms with van der Waals surface area (Å²) in [6.45, 7) is 13.0. The zero-order valence-electron chi connectivity index (χ0n) is 29.6. The fourth-order valence-corrected chi connectivity index (χ4v) is 9.14. The third-order valence-electron chi connectivity index (χ3n) is 11.3. The first-order valence-corrected chi connectivity index (χ1v) is 17.1. The van der Waals surface area contributed by atoms with E-state index in [2.05, 4.69) is 6.08 Å². The normalized spacial score (nSPS) is 33.2. The molecular formula is C39H48O10. The Kier molecular flexibility index (Phi) is 8.56. The minimum absolute atomic E-state index is 0.0134. The molecule has 6 aliphatic rings. The summed E-state index contributed by atoms with van der Waals surface area (Å²) >= 11 is 0. The lowest BCUT2D eigenvalue weighted by Crippen LogP contribution is -2.80. The van der Waals surface area contributed by atoms with Crippen molar-refractivity contribution >= 4 is 23.6 Å². The monoisotopic (exact) mass is 676 g/mol. The van der Waals surface area contributed by atoms with Crippen molar-refractivity contribution in [2.45, 2.75) is 109 Å². The van der Waals surface area contributed by atoms with Crippen molar-refractivity contribution in [3.63, 3.8) is 0 Å². The molecule has 1 aromatic carbocycles. The number of fused-ring (bicyclic) bond motifs is 2. The van der Waals surface area contributed by atoms with E-state index in [0.29, 0.717) is 36.1 Å². The number of carboxylic acid groups (broad SMARTS) is 1. The third kappa shape index (κ3) is 5.04. The Labute approximate surface area is 287 Å². The van der Waals surface area contributed by atoms with Gasteiger partial charge in [-0.1, -0.05) is 29.4 Å². The maximum absolute atomic E-state index is 15.1. The molecular weight excluding hydrogens is 628 g/mol. The summed E-state index contributed by atoms with van der Waals surface area (Å²) in [4.78, 5) is 41.7. The number of carbonyl (C=O) groups excluding carboxylic acids is 2. The predicted molar refractivity (Wildman–Crippen MR) is 182 cm³/mol. The second kappa shape index (κ2) is 12.0. The zero-order chi connectivity index (χ0) is 35.8. The standard InChI is InChI=1S/C39H48O10/c1-20(2)10-9-15-37(7)16-14-23-29(41)27-30(42)28-33(46-8)25-18-26-36(5,6)49-38(34(25)43,17-13-22(19-40)35(44)45)39(26,28)48-32(27)24(31(23)47-37)12-11-21(3)4/h10-11,13-14,16,25-26,28,33,40-41H,9,12,15,17-19H2,1-8H3,(H,44,45)/b22-13+/t25-,26-,28?,33?,37?,38-,39-/m0/s1. The lowest BCUT2D eigenvalue weighted by atomic mass is 9.45. The molecule has 3 heterocycles. The van der Waals surface area contributed by atoms with E-state index < -0.39 is 64.6 Å². The molecule has 1 saturated heterocycles. The van der Waals surface area contributed by atoms with Crippen LogP contribution in [0.3, 0.4) is 0 Å². The van der Waals surface area contributed by atoms with Gasteiger partial charge in [-0.15, -0.1) is 0 Å². The van der Waals surface area contributed by atoms with Gasteiger partial charge in [0.25, 0.3) is 0 Å². The molecule has 0 aromatic heterocycles. The van der Waals surface area contributed by atoms with E-state index in [1.807, 2.05) is 66.7 Å². The number of benzene rings is 1. The first-order chi connectivity index (χ1) is 23.0. The maximum Gasteiger partial charge on any atom is 0.333 e. The van der Waals surface area contributed by atoms with E-state index in [9.17, 15) is 24.9 Å². The summed E-state index contributed by atoms with van der Waals surface area (Å²) in [5.41, 5.74) is -2.16. The Hall–Kier alpha value is -3.73. The average Bonchev–Trinajstić information content (AvgIpc) is 3.16. The highest BCUT2D eigenvalue weighted by Crippen LogP contribution is 2.70. The Morgan fingerprint density at radius 3 is 2.35 bits per heavy atom. The summed E-state index contributed by atoms with van der Waals surface area (Å²) in [5.74, 6) is -4.04. The lowest BCUT2D eigenvalue weighted by molar-refractivity contribution is -0.224. The molecule has 3 unspecified atom stereocenters. The van der Waals surface area contributed by atoms with E-state index in [-0.39, 0.29) is 34.8 Å². The summed E-state index contributed by atoms with van der Waals surface area (Å²) in [6.07, 6.45) is 10.2. The van der Waals surface area contributed by atoms with Crippen molar-refractivity contribution in [3.8, 4) is 17.2 Å². The van der Waals surface area contributed by atoms with Crippen molar-refractivity contribution in [1.82, 2.24) is 0 Å². The minimum atomic E-state index is -1.77. The van der Waals surface area contributed by atoms with Gasteiger partial charge in [0.15, 0.2) is 22.8 Å². The van der Waals surface area contributed by atoms with Crippen LogP contribution in [0.25, 0.3) is 6.08 Å². The number of aliphatic carboxylic acids is 1. The predicted octanol–water partition coefficient (Wildman–Crippen LogP) is 5.92. The van der Waals surface area contributed by atoms with E-state index in [4.69, 9.17) is 18.9 Å². The molecule has 0 radical (unpaired) electrons. The number of Topliss-reactive ketones (excluding diaryl/α,β-unsaturated/α-hetero) is 2. The molecule has 10 heteroatoms.